The van der Waals surface area contributed by atoms with Crippen molar-refractivity contribution in [2.75, 3.05) is 43.5 Å². The molecule has 1 amide bonds. The molecule has 3 heterocycles. The van der Waals surface area contributed by atoms with E-state index in [-0.39, 0.29) is 5.91 Å². The molecule has 0 atom stereocenters. The number of carbonyl (C=O) groups is 1. The van der Waals surface area contributed by atoms with Crippen LogP contribution in [0.1, 0.15) is 10.5 Å². The van der Waals surface area contributed by atoms with Gasteiger partial charge in [-0.15, -0.1) is 0 Å². The van der Waals surface area contributed by atoms with Crippen molar-refractivity contribution in [3.05, 3.63) is 72.7 Å². The lowest BCUT2D eigenvalue weighted by Gasteiger charge is -2.29. The zero-order valence-electron chi connectivity index (χ0n) is 17.8. The lowest BCUT2D eigenvalue weighted by Crippen LogP contribution is -2.43. The van der Waals surface area contributed by atoms with E-state index >= 15 is 0 Å². The van der Waals surface area contributed by atoms with Crippen LogP contribution >= 0.6 is 0 Å². The first-order chi connectivity index (χ1) is 15.7. The Hall–Kier alpha value is -3.91. The Morgan fingerprint density at radius 1 is 1.09 bits per heavy atom. The molecule has 0 bridgehead atoms. The maximum Gasteiger partial charge on any atom is 0.274 e. The van der Waals surface area contributed by atoms with Gasteiger partial charge < -0.3 is 20.3 Å². The minimum Gasteiger partial charge on any atom is -0.497 e. The molecule has 0 saturated carbocycles. The van der Waals surface area contributed by atoms with Crippen molar-refractivity contribution in [3.63, 3.8) is 0 Å². The number of aromatic nitrogens is 3. The average Bonchev–Trinajstić information content (AvgIpc) is 3.28. The van der Waals surface area contributed by atoms with Crippen LogP contribution in [-0.2, 0) is 0 Å². The average molecular weight is 428 g/mol. The third kappa shape index (κ3) is 4.00. The van der Waals surface area contributed by atoms with Crippen LogP contribution in [0.5, 0.6) is 5.75 Å². The summed E-state index contributed by atoms with van der Waals surface area (Å²) in [7, 11) is 1.63. The molecule has 1 fully saturated rings. The highest BCUT2D eigenvalue weighted by atomic mass is 16.5. The number of nitrogens with one attached hydrogen (secondary N) is 2. The smallest absolute Gasteiger partial charge is 0.274 e. The second-order valence-corrected chi connectivity index (χ2v) is 7.61. The molecule has 4 aromatic rings. The summed E-state index contributed by atoms with van der Waals surface area (Å²) in [5.41, 5.74) is 4.59. The number of hydrogen-bond acceptors (Lipinski definition) is 6. The van der Waals surface area contributed by atoms with Gasteiger partial charge in [-0.3, -0.25) is 4.79 Å². The molecule has 1 aliphatic rings. The summed E-state index contributed by atoms with van der Waals surface area (Å²) < 4.78 is 6.98. The SMILES string of the molecule is COc1cccc(-c2cnn3ccc(C(=O)Nc4ccc(N5CCNCC5)cc4)nc23)c1. The van der Waals surface area contributed by atoms with E-state index in [1.165, 1.54) is 0 Å². The molecule has 0 aliphatic carbocycles. The molecule has 8 heteroatoms. The quantitative estimate of drug-likeness (QED) is 0.508. The van der Waals surface area contributed by atoms with Crippen LogP contribution in [0.2, 0.25) is 0 Å². The number of nitrogens with zero attached hydrogens (tertiary/aromatic N) is 4. The molecule has 0 unspecified atom stereocenters. The highest BCUT2D eigenvalue weighted by Gasteiger charge is 2.14. The molecule has 0 radical (unpaired) electrons. The van der Waals surface area contributed by atoms with Gasteiger partial charge in [0.15, 0.2) is 5.65 Å². The summed E-state index contributed by atoms with van der Waals surface area (Å²) >= 11 is 0. The fraction of sp³-hybridized carbons (Fsp3) is 0.208. The molecule has 8 nitrogen and oxygen atoms in total. The highest BCUT2D eigenvalue weighted by molar-refractivity contribution is 6.03. The topological polar surface area (TPSA) is 83.8 Å². The van der Waals surface area contributed by atoms with Gasteiger partial charge in [0.1, 0.15) is 11.4 Å². The molecule has 0 spiro atoms. The van der Waals surface area contributed by atoms with Gasteiger partial charge in [0.2, 0.25) is 0 Å². The van der Waals surface area contributed by atoms with Crippen LogP contribution in [0.3, 0.4) is 0 Å². The summed E-state index contributed by atoms with van der Waals surface area (Å²) in [4.78, 5) is 19.8. The van der Waals surface area contributed by atoms with Gasteiger partial charge in [0, 0.05) is 49.3 Å². The Labute approximate surface area is 185 Å². The summed E-state index contributed by atoms with van der Waals surface area (Å²) in [5, 5.41) is 10.7. The van der Waals surface area contributed by atoms with E-state index in [1.54, 1.807) is 30.1 Å². The molecule has 2 aromatic heterocycles. The van der Waals surface area contributed by atoms with E-state index < -0.39 is 0 Å². The van der Waals surface area contributed by atoms with Gasteiger partial charge in [-0.2, -0.15) is 5.10 Å². The second-order valence-electron chi connectivity index (χ2n) is 7.61. The molecule has 1 aliphatic heterocycles. The zero-order valence-corrected chi connectivity index (χ0v) is 17.8. The third-order valence-electron chi connectivity index (χ3n) is 5.59. The number of fused-ring (bicyclic) bond motifs is 1. The van der Waals surface area contributed by atoms with E-state index in [4.69, 9.17) is 4.74 Å². The monoisotopic (exact) mass is 428 g/mol. The van der Waals surface area contributed by atoms with Crippen molar-refractivity contribution in [1.82, 2.24) is 19.9 Å². The number of benzene rings is 2. The number of hydrogen-bond donors (Lipinski definition) is 2. The van der Waals surface area contributed by atoms with E-state index in [1.807, 2.05) is 48.5 Å². The van der Waals surface area contributed by atoms with Gasteiger partial charge in [-0.05, 0) is 48.0 Å². The van der Waals surface area contributed by atoms with Gasteiger partial charge >= 0.3 is 0 Å². The lowest BCUT2D eigenvalue weighted by atomic mass is 10.1. The third-order valence-corrected chi connectivity index (χ3v) is 5.59. The summed E-state index contributed by atoms with van der Waals surface area (Å²) in [6, 6.07) is 17.3. The Morgan fingerprint density at radius 2 is 1.91 bits per heavy atom. The van der Waals surface area contributed by atoms with E-state index in [9.17, 15) is 4.79 Å². The number of anilines is 2. The first kappa shape index (κ1) is 20.0. The minimum absolute atomic E-state index is 0.264. The maximum atomic E-state index is 12.9. The number of piperazine rings is 1. The highest BCUT2D eigenvalue weighted by Crippen LogP contribution is 2.27. The van der Waals surface area contributed by atoms with Crippen molar-refractivity contribution >= 4 is 22.9 Å². The number of rotatable bonds is 5. The predicted octanol–water partition coefficient (Wildman–Crippen LogP) is 3.07. The van der Waals surface area contributed by atoms with Crippen LogP contribution < -0.4 is 20.3 Å². The number of methoxy groups -OCH3 is 1. The van der Waals surface area contributed by atoms with Crippen LogP contribution in [0, 0.1) is 0 Å². The Bertz CT molecular complexity index is 1250. The predicted molar refractivity (Wildman–Crippen MR) is 124 cm³/mol. The van der Waals surface area contributed by atoms with Crippen molar-refractivity contribution in [3.8, 4) is 16.9 Å². The van der Waals surface area contributed by atoms with E-state index in [0.717, 1.165) is 54.4 Å². The van der Waals surface area contributed by atoms with Crippen molar-refractivity contribution in [1.29, 1.82) is 0 Å². The fourth-order valence-electron chi connectivity index (χ4n) is 3.86. The molecule has 2 N–H and O–H groups in total. The second kappa shape index (κ2) is 8.68. The lowest BCUT2D eigenvalue weighted by molar-refractivity contribution is 0.102. The normalized spacial score (nSPS) is 13.8. The van der Waals surface area contributed by atoms with Crippen LogP contribution in [0.4, 0.5) is 11.4 Å². The van der Waals surface area contributed by atoms with Crippen molar-refractivity contribution < 1.29 is 9.53 Å². The van der Waals surface area contributed by atoms with Crippen molar-refractivity contribution in [2.45, 2.75) is 0 Å². The molecular weight excluding hydrogens is 404 g/mol. The van der Waals surface area contributed by atoms with E-state index in [0.29, 0.717) is 11.3 Å². The fourth-order valence-corrected chi connectivity index (χ4v) is 3.86. The van der Waals surface area contributed by atoms with E-state index in [2.05, 4.69) is 25.6 Å². The number of ether oxygens (including phenoxy) is 1. The van der Waals surface area contributed by atoms with Gasteiger partial charge in [0.05, 0.1) is 13.3 Å². The van der Waals surface area contributed by atoms with Crippen LogP contribution in [-0.4, -0.2) is 53.8 Å². The first-order valence-corrected chi connectivity index (χ1v) is 10.6. The van der Waals surface area contributed by atoms with Gasteiger partial charge in [0.25, 0.3) is 5.91 Å². The molecule has 1 saturated heterocycles. The minimum atomic E-state index is -0.264. The Morgan fingerprint density at radius 3 is 2.69 bits per heavy atom. The molecule has 2 aromatic carbocycles. The Kier molecular flexibility index (Phi) is 5.43. The maximum absolute atomic E-state index is 12.9. The summed E-state index contributed by atoms with van der Waals surface area (Å²) in [6.45, 7) is 3.94. The van der Waals surface area contributed by atoms with Gasteiger partial charge in [-0.25, -0.2) is 9.50 Å². The summed E-state index contributed by atoms with van der Waals surface area (Å²) in [6.07, 6.45) is 3.49. The molecule has 162 valence electrons. The largest absolute Gasteiger partial charge is 0.497 e. The van der Waals surface area contributed by atoms with Gasteiger partial charge in [-0.1, -0.05) is 12.1 Å². The molecule has 32 heavy (non-hydrogen) atoms. The van der Waals surface area contributed by atoms with Crippen LogP contribution in [0.25, 0.3) is 16.8 Å². The number of amides is 1. The summed E-state index contributed by atoms with van der Waals surface area (Å²) in [5.74, 6) is 0.486. The molecular formula is C24H24N6O2. The van der Waals surface area contributed by atoms with Crippen molar-refractivity contribution in [2.24, 2.45) is 0 Å². The van der Waals surface area contributed by atoms with Crippen LogP contribution in [0.15, 0.2) is 67.0 Å². The first-order valence-electron chi connectivity index (χ1n) is 10.6. The number of carbonyl (C=O) groups excluding carboxylic acids is 1. The standard InChI is InChI=1S/C24H24N6O2/c1-32-20-4-2-3-17(15-20)21-16-26-30-12-9-22(28-23(21)30)24(31)27-18-5-7-19(8-6-18)29-13-10-25-11-14-29/h2-9,12,15-16,25H,10-11,13-14H2,1H3,(H,27,31). The Balaban J connectivity index is 1.36. The molecule has 5 rings (SSSR count). The zero-order chi connectivity index (χ0) is 21.9.